The Morgan fingerprint density at radius 2 is 0.868 bits per heavy atom. The number of carboxylic acids is 1. The molecule has 0 aliphatic carbocycles. The van der Waals surface area contributed by atoms with Gasteiger partial charge in [0.25, 0.3) is 23.6 Å². The molecular weight excluding hydrogens is 1650 g/mol. The van der Waals surface area contributed by atoms with Crippen molar-refractivity contribution in [2.45, 2.75) is 140 Å². The average molecular weight is 1760 g/mol. The van der Waals surface area contributed by atoms with Gasteiger partial charge in [-0.1, -0.05) is 87.1 Å². The van der Waals surface area contributed by atoms with Crippen molar-refractivity contribution in [1.82, 2.24) is 74.7 Å². The Bertz CT molecular complexity index is 5840. The number of fused-ring (bicyclic) bond motifs is 4. The number of hydrogen-bond donors (Lipinski definition) is 7. The summed E-state index contributed by atoms with van der Waals surface area (Å²) >= 11 is 0. The monoisotopic (exact) mass is 1760 g/mol. The van der Waals surface area contributed by atoms with Gasteiger partial charge >= 0.3 is 5.97 Å². The van der Waals surface area contributed by atoms with Gasteiger partial charge in [-0.3, -0.25) is 78.2 Å². The minimum Gasteiger partial charge on any atom is -0.480 e. The highest BCUT2D eigenvalue weighted by Gasteiger charge is 2.48. The van der Waals surface area contributed by atoms with Crippen LogP contribution in [0, 0.1) is 11.6 Å². The fourth-order valence-corrected chi connectivity index (χ4v) is 18.4. The number of aliphatic carboxylic acids is 1. The zero-order chi connectivity index (χ0) is 89.6. The molecule has 129 heavy (non-hydrogen) atoms. The van der Waals surface area contributed by atoms with Gasteiger partial charge in [0, 0.05) is 109 Å². The number of aromatic nitrogens is 8. The number of piperidine rings is 2. The van der Waals surface area contributed by atoms with E-state index in [1.54, 1.807) is 73.1 Å². The highest BCUT2D eigenvalue weighted by atomic mass is 19.1. The second kappa shape index (κ2) is 41.0. The Hall–Kier alpha value is -13.5. The molecule has 0 spiro atoms. The summed E-state index contributed by atoms with van der Waals surface area (Å²) in [5.74, 6) is -1.91. The van der Waals surface area contributed by atoms with Crippen LogP contribution in [0.1, 0.15) is 180 Å². The summed E-state index contributed by atoms with van der Waals surface area (Å²) in [7, 11) is 0. The Morgan fingerprint density at radius 1 is 0.442 bits per heavy atom. The van der Waals surface area contributed by atoms with Crippen LogP contribution in [-0.2, 0) is 28.8 Å². The van der Waals surface area contributed by atoms with Gasteiger partial charge in [0.1, 0.15) is 58.4 Å². The van der Waals surface area contributed by atoms with E-state index in [4.69, 9.17) is 31.0 Å². The van der Waals surface area contributed by atoms with Gasteiger partial charge < -0.3 is 46.4 Å². The van der Waals surface area contributed by atoms with Crippen molar-refractivity contribution in [1.29, 1.82) is 0 Å². The Labute approximate surface area is 744 Å². The zero-order valence-corrected chi connectivity index (χ0v) is 71.9. The van der Waals surface area contributed by atoms with E-state index in [1.165, 1.54) is 12.1 Å². The quantitative estimate of drug-likeness (QED) is 0.0157. The van der Waals surface area contributed by atoms with Crippen LogP contribution >= 0.6 is 0 Å². The number of nitrogens with one attached hydrogen (secondary N) is 5. The van der Waals surface area contributed by atoms with E-state index in [1.807, 2.05) is 86.7 Å². The van der Waals surface area contributed by atoms with Crippen LogP contribution in [0.25, 0.3) is 34.1 Å². The molecular formula is C94H106F2N22O11. The van der Waals surface area contributed by atoms with E-state index in [0.29, 0.717) is 68.3 Å². The van der Waals surface area contributed by atoms with Crippen LogP contribution in [0.2, 0.25) is 0 Å². The first-order valence-corrected chi connectivity index (χ1v) is 44.8. The second-order valence-corrected chi connectivity index (χ2v) is 33.6. The number of benzene rings is 4. The summed E-state index contributed by atoms with van der Waals surface area (Å²) in [6.07, 6.45) is 17.9. The fourth-order valence-electron chi connectivity index (χ4n) is 18.4. The number of nitrogens with zero attached hydrogens (tertiary/aromatic N) is 16. The number of halogens is 2. The van der Waals surface area contributed by atoms with Crippen molar-refractivity contribution in [3.8, 4) is 22.8 Å². The Kier molecular flexibility index (Phi) is 28.3. The van der Waals surface area contributed by atoms with Crippen LogP contribution in [0.15, 0.2) is 158 Å². The largest absolute Gasteiger partial charge is 0.480 e. The molecule has 14 heterocycles. The van der Waals surface area contributed by atoms with E-state index in [0.717, 1.165) is 221 Å². The SMILES string of the molecule is NCCCCCCCNc1cccc2c1C(=O)N(C1CCC(=O)NC1=O)C2=O.O=C(CN1CCN(c2cccc(-c3cnc4ccc(N5CCC[C@@H]5c5cccc(F)c5)nn34)n2)CC1)NCCCCCCCNc1cccc2c1C(=O)N(C1CCC(=O)NC1=O)C2=O.O=C(O)CN1CCN(c2cccc(-c3cnc4ccc(N5CCC[C@@H]5c5cccc(F)c5)nn34)n2)CC1. The molecule has 4 atom stereocenters. The molecule has 8 N–H and O–H groups in total. The normalized spacial score (nSPS) is 18.9. The van der Waals surface area contributed by atoms with E-state index in [2.05, 4.69) is 61.1 Å². The maximum atomic E-state index is 14.1. The molecule has 18 rings (SSSR count). The van der Waals surface area contributed by atoms with Gasteiger partial charge in [0.15, 0.2) is 11.3 Å². The average Bonchev–Trinajstić information content (AvgIpc) is 1.61. The molecule has 0 saturated carbocycles. The number of piperazine rings is 2. The molecule has 33 nitrogen and oxygen atoms in total. The van der Waals surface area contributed by atoms with Crippen molar-refractivity contribution >= 4 is 105 Å². The lowest BCUT2D eigenvalue weighted by Gasteiger charge is -2.35. The summed E-state index contributed by atoms with van der Waals surface area (Å²) in [5, 5.41) is 33.1. The van der Waals surface area contributed by atoms with E-state index in [-0.39, 0.29) is 78.9 Å². The van der Waals surface area contributed by atoms with Gasteiger partial charge in [-0.15, -0.1) is 10.2 Å². The van der Waals surface area contributed by atoms with Crippen molar-refractivity contribution in [3.63, 3.8) is 0 Å². The molecule has 35 heteroatoms. The van der Waals surface area contributed by atoms with Crippen molar-refractivity contribution in [2.24, 2.45) is 5.73 Å². The summed E-state index contributed by atoms with van der Waals surface area (Å²) in [6, 6.07) is 41.8. The zero-order valence-electron chi connectivity index (χ0n) is 71.9. The summed E-state index contributed by atoms with van der Waals surface area (Å²) in [4.78, 5) is 158. The third-order valence-corrected chi connectivity index (χ3v) is 25.0. The Balaban J connectivity index is 0.000000158. The second-order valence-electron chi connectivity index (χ2n) is 33.6. The number of unbranched alkanes of at least 4 members (excludes halogenated alkanes) is 8. The summed E-state index contributed by atoms with van der Waals surface area (Å²) in [5.41, 5.74) is 14.3. The molecule has 0 radical (unpaired) electrons. The van der Waals surface area contributed by atoms with Gasteiger partial charge in [0.2, 0.25) is 29.5 Å². The lowest BCUT2D eigenvalue weighted by atomic mass is 10.0. The van der Waals surface area contributed by atoms with Crippen molar-refractivity contribution in [3.05, 3.63) is 203 Å². The number of imide groups is 4. The molecule has 2 unspecified atom stereocenters. The number of carbonyl (C=O) groups is 10. The molecule has 0 bridgehead atoms. The number of anilines is 6. The van der Waals surface area contributed by atoms with Crippen LogP contribution in [0.3, 0.4) is 0 Å². The van der Waals surface area contributed by atoms with Gasteiger partial charge in [-0.2, -0.15) is 0 Å². The first kappa shape index (κ1) is 88.9. The van der Waals surface area contributed by atoms with Crippen LogP contribution in [0.4, 0.5) is 43.4 Å². The number of nitrogens with two attached hydrogens (primary N) is 1. The lowest BCUT2D eigenvalue weighted by molar-refractivity contribution is -0.139. The molecule has 8 aliphatic rings. The topological polar surface area (TPSA) is 389 Å². The van der Waals surface area contributed by atoms with Gasteiger partial charge in [0.05, 0.1) is 71.2 Å². The molecule has 6 aromatic heterocycles. The fraction of sp³-hybridized carbons (Fsp3) is 0.404. The van der Waals surface area contributed by atoms with Gasteiger partial charge in [-0.25, -0.2) is 37.7 Å². The molecule has 672 valence electrons. The number of carboxylic acid groups (broad SMARTS) is 1. The van der Waals surface area contributed by atoms with Crippen molar-refractivity contribution in [2.75, 3.05) is 135 Å². The number of carbonyl (C=O) groups excluding carboxylic acids is 9. The molecule has 6 saturated heterocycles. The van der Waals surface area contributed by atoms with E-state index >= 15 is 0 Å². The van der Waals surface area contributed by atoms with E-state index in [9.17, 15) is 56.7 Å². The predicted molar refractivity (Wildman–Crippen MR) is 480 cm³/mol. The molecule has 8 aliphatic heterocycles. The summed E-state index contributed by atoms with van der Waals surface area (Å²) < 4.78 is 31.7. The number of amides is 9. The molecule has 6 fully saturated rings. The van der Waals surface area contributed by atoms with Crippen LogP contribution in [0.5, 0.6) is 0 Å². The standard InChI is InChI=1S/C47H52FN11O5.C27H28FN7O2.C20H26N4O4/c48-32-11-6-10-31(28-32)36-15-9-23-57(36)41-19-18-39-51-29-38(59(39)54-41)34-13-8-16-40(52-34)56-26-24-55(25-27-56)30-43(61)50-22-5-3-1-2-4-21-49-35-14-7-12-33-44(35)47(64)58(46(33)63)37-17-20-42(60)53-45(37)62;28-20-5-1-4-19(16-20)22-7-3-11-34(22)26-10-9-24-29-17-23(35(24)31-26)21-6-2-8-25(30-21)33-14-12-32(13-15-33)18-27(36)37;21-11-4-2-1-3-5-12-22-14-8-6-7-13-17(14)20(28)24(19(13)27)15-9-10-16(25)23-18(15)26/h6-8,10-14,16,18-19,28-29,36-37,49H,1-5,9,15,17,20-27,30H2,(H,50,61)(H,53,60,62);1-2,4-6,8-10,16-17,22H,3,7,11-15,18H2,(H,36,37);6-8,15,22H,1-5,9-12,21H2,(H,23,25,26)/t36-,37?;22-;/m11./s1. The minimum absolute atomic E-state index is 0.0213. The summed E-state index contributed by atoms with van der Waals surface area (Å²) in [6.45, 7) is 10.5. The number of pyridine rings is 2. The first-order valence-electron chi connectivity index (χ1n) is 44.8. The van der Waals surface area contributed by atoms with E-state index < -0.39 is 59.4 Å². The van der Waals surface area contributed by atoms with Crippen LogP contribution < -0.4 is 51.9 Å². The molecule has 10 aromatic rings. The number of imidazole rings is 2. The highest BCUT2D eigenvalue weighted by Crippen LogP contribution is 2.40. The van der Waals surface area contributed by atoms with Crippen LogP contribution in [-0.4, -0.2) is 240 Å². The number of rotatable bonds is 31. The van der Waals surface area contributed by atoms with Gasteiger partial charge in [-0.05, 0) is 179 Å². The maximum Gasteiger partial charge on any atom is 0.317 e. The van der Waals surface area contributed by atoms with Crippen molar-refractivity contribution < 1.29 is 61.8 Å². The number of hydrogen-bond acceptors (Lipinski definition) is 25. The minimum atomic E-state index is -0.996. The molecule has 9 amide bonds. The maximum absolute atomic E-state index is 14.1. The highest BCUT2D eigenvalue weighted by molar-refractivity contribution is 6.26. The first-order chi connectivity index (χ1) is 62.8. The molecule has 4 aromatic carbocycles. The Morgan fingerprint density at radius 3 is 1.31 bits per heavy atom. The third kappa shape index (κ3) is 20.5. The predicted octanol–water partition coefficient (Wildman–Crippen LogP) is 9.86. The lowest BCUT2D eigenvalue weighted by Crippen LogP contribution is -2.54. The third-order valence-electron chi connectivity index (χ3n) is 25.0. The smallest absolute Gasteiger partial charge is 0.317 e.